The van der Waals surface area contributed by atoms with Gasteiger partial charge in [-0.2, -0.15) is 0 Å². The van der Waals surface area contributed by atoms with Crippen molar-refractivity contribution in [2.45, 2.75) is 38.3 Å². The molecule has 3 aromatic carbocycles. The summed E-state index contributed by atoms with van der Waals surface area (Å²) in [7, 11) is -2.50. The van der Waals surface area contributed by atoms with Gasteiger partial charge in [-0.25, -0.2) is 8.42 Å². The molecule has 1 atom stereocenters. The van der Waals surface area contributed by atoms with Crippen LogP contribution in [0.3, 0.4) is 0 Å². The highest BCUT2D eigenvalue weighted by Gasteiger charge is 2.32. The number of likely N-dealkylation sites (N-methyl/N-ethyl adjacent to an activating group) is 1. The molecule has 0 fully saturated rings. The van der Waals surface area contributed by atoms with Gasteiger partial charge in [-0.15, -0.1) is 0 Å². The third-order valence-corrected chi connectivity index (χ3v) is 7.75. The molecule has 0 aliphatic rings. The molecule has 0 spiro atoms. The summed E-state index contributed by atoms with van der Waals surface area (Å²) in [5.41, 5.74) is 2.05. The number of methoxy groups -OCH3 is 1. The molecular formula is C28H33N3O5S. The van der Waals surface area contributed by atoms with Gasteiger partial charge in [-0.05, 0) is 62.7 Å². The molecule has 0 saturated carbocycles. The largest absolute Gasteiger partial charge is 0.497 e. The van der Waals surface area contributed by atoms with Crippen LogP contribution in [0.25, 0.3) is 0 Å². The highest BCUT2D eigenvalue weighted by molar-refractivity contribution is 7.92. The first-order valence-electron chi connectivity index (χ1n) is 12.0. The third-order valence-electron chi connectivity index (χ3n) is 5.96. The Bertz CT molecular complexity index is 1290. The molecule has 0 bridgehead atoms. The predicted octanol–water partition coefficient (Wildman–Crippen LogP) is 3.75. The van der Waals surface area contributed by atoms with Gasteiger partial charge in [-0.1, -0.05) is 48.0 Å². The second-order valence-electron chi connectivity index (χ2n) is 8.60. The molecule has 37 heavy (non-hydrogen) atoms. The number of nitrogens with zero attached hydrogens (tertiary/aromatic N) is 2. The molecule has 1 unspecified atom stereocenters. The van der Waals surface area contributed by atoms with Gasteiger partial charge in [0.2, 0.25) is 11.8 Å². The van der Waals surface area contributed by atoms with Gasteiger partial charge in [-0.3, -0.25) is 13.9 Å². The van der Waals surface area contributed by atoms with Crippen LogP contribution in [-0.2, 0) is 26.2 Å². The first-order valence-corrected chi connectivity index (χ1v) is 13.5. The normalized spacial score (nSPS) is 11.9. The Morgan fingerprint density at radius 1 is 0.946 bits per heavy atom. The zero-order valence-corrected chi connectivity index (χ0v) is 22.4. The summed E-state index contributed by atoms with van der Waals surface area (Å²) in [6.45, 7) is 5.36. The lowest BCUT2D eigenvalue weighted by atomic mass is 10.1. The highest BCUT2D eigenvalue weighted by Crippen LogP contribution is 2.25. The Morgan fingerprint density at radius 2 is 1.57 bits per heavy atom. The average Bonchev–Trinajstić information content (AvgIpc) is 2.91. The van der Waals surface area contributed by atoms with Crippen molar-refractivity contribution in [1.29, 1.82) is 0 Å². The number of benzene rings is 3. The Balaban J connectivity index is 1.98. The van der Waals surface area contributed by atoms with E-state index in [2.05, 4.69) is 5.32 Å². The van der Waals surface area contributed by atoms with Crippen molar-refractivity contribution in [2.75, 3.05) is 24.5 Å². The summed E-state index contributed by atoms with van der Waals surface area (Å²) in [6.07, 6.45) is 0. The number of rotatable bonds is 11. The van der Waals surface area contributed by atoms with Crippen molar-refractivity contribution in [2.24, 2.45) is 0 Å². The van der Waals surface area contributed by atoms with E-state index < -0.39 is 28.5 Å². The Morgan fingerprint density at radius 3 is 2.14 bits per heavy atom. The van der Waals surface area contributed by atoms with Gasteiger partial charge in [0.15, 0.2) is 0 Å². The summed E-state index contributed by atoms with van der Waals surface area (Å²) in [4.78, 5) is 28.0. The van der Waals surface area contributed by atoms with Crippen molar-refractivity contribution < 1.29 is 22.7 Å². The van der Waals surface area contributed by atoms with Gasteiger partial charge >= 0.3 is 0 Å². The fourth-order valence-electron chi connectivity index (χ4n) is 3.79. The summed E-state index contributed by atoms with van der Waals surface area (Å²) >= 11 is 0. The molecule has 0 heterocycles. The lowest BCUT2D eigenvalue weighted by molar-refractivity contribution is -0.139. The lowest BCUT2D eigenvalue weighted by Gasteiger charge is -2.32. The minimum absolute atomic E-state index is 0.0771. The van der Waals surface area contributed by atoms with E-state index in [4.69, 9.17) is 4.74 Å². The van der Waals surface area contributed by atoms with E-state index >= 15 is 0 Å². The molecule has 0 saturated heterocycles. The average molecular weight is 524 g/mol. The monoisotopic (exact) mass is 523 g/mol. The summed E-state index contributed by atoms with van der Waals surface area (Å²) in [6, 6.07) is 21.3. The van der Waals surface area contributed by atoms with Gasteiger partial charge in [0, 0.05) is 13.1 Å². The van der Waals surface area contributed by atoms with Crippen LogP contribution in [0.15, 0.2) is 83.8 Å². The van der Waals surface area contributed by atoms with E-state index in [1.165, 1.54) is 17.0 Å². The fourth-order valence-corrected chi connectivity index (χ4v) is 5.21. The molecule has 0 aliphatic carbocycles. The number of para-hydroxylation sites is 1. The standard InChI is InChI=1S/C28H33N3O5S/c1-5-29-28(33)22(3)30(19-23-13-15-25(36-4)16-14-23)27(32)20-31(24-9-7-6-8-10-24)37(34,35)26-17-11-21(2)12-18-26/h6-18,22H,5,19-20H2,1-4H3,(H,29,33). The van der Waals surface area contributed by atoms with E-state index in [0.29, 0.717) is 18.0 Å². The second-order valence-corrected chi connectivity index (χ2v) is 10.5. The van der Waals surface area contributed by atoms with E-state index in [1.807, 2.05) is 19.1 Å². The summed E-state index contributed by atoms with van der Waals surface area (Å²) < 4.78 is 33.7. The van der Waals surface area contributed by atoms with Crippen LogP contribution in [0, 0.1) is 6.92 Å². The van der Waals surface area contributed by atoms with Crippen LogP contribution in [0.4, 0.5) is 5.69 Å². The second kappa shape index (κ2) is 12.4. The molecule has 0 aliphatic heterocycles. The van der Waals surface area contributed by atoms with Gasteiger partial charge in [0.25, 0.3) is 10.0 Å². The summed E-state index contributed by atoms with van der Waals surface area (Å²) in [5, 5.41) is 2.75. The molecule has 2 amide bonds. The van der Waals surface area contributed by atoms with Crippen molar-refractivity contribution >= 4 is 27.5 Å². The smallest absolute Gasteiger partial charge is 0.264 e. The minimum Gasteiger partial charge on any atom is -0.497 e. The molecule has 1 N–H and O–H groups in total. The van der Waals surface area contributed by atoms with E-state index in [0.717, 1.165) is 15.4 Å². The number of anilines is 1. The van der Waals surface area contributed by atoms with Gasteiger partial charge < -0.3 is 15.0 Å². The molecule has 0 radical (unpaired) electrons. The van der Waals surface area contributed by atoms with E-state index in [-0.39, 0.29) is 17.3 Å². The predicted molar refractivity (Wildman–Crippen MR) is 144 cm³/mol. The molecule has 3 aromatic rings. The number of ether oxygens (including phenoxy) is 1. The number of amides is 2. The number of aryl methyl sites for hydroxylation is 1. The number of carbonyl (C=O) groups excluding carboxylic acids is 2. The van der Waals surface area contributed by atoms with Crippen LogP contribution in [-0.4, -0.2) is 51.4 Å². The molecule has 9 heteroatoms. The van der Waals surface area contributed by atoms with Crippen LogP contribution >= 0.6 is 0 Å². The number of nitrogens with one attached hydrogen (secondary N) is 1. The quantitative estimate of drug-likeness (QED) is 0.413. The molecule has 0 aromatic heterocycles. The maximum Gasteiger partial charge on any atom is 0.264 e. The van der Waals surface area contributed by atoms with Crippen LogP contribution in [0.1, 0.15) is 25.0 Å². The van der Waals surface area contributed by atoms with Crippen molar-refractivity contribution in [3.05, 3.63) is 90.0 Å². The Labute approximate surface area is 218 Å². The number of hydrogen-bond acceptors (Lipinski definition) is 5. The Kier molecular flexibility index (Phi) is 9.30. The highest BCUT2D eigenvalue weighted by atomic mass is 32.2. The molecule has 8 nitrogen and oxygen atoms in total. The first kappa shape index (κ1) is 27.7. The number of hydrogen-bond donors (Lipinski definition) is 1. The first-order chi connectivity index (χ1) is 17.7. The third kappa shape index (κ3) is 6.89. The Hall–Kier alpha value is -3.85. The van der Waals surface area contributed by atoms with Crippen LogP contribution in [0.2, 0.25) is 0 Å². The maximum atomic E-state index is 13.8. The number of carbonyl (C=O) groups is 2. The molecule has 196 valence electrons. The van der Waals surface area contributed by atoms with Crippen LogP contribution in [0.5, 0.6) is 5.75 Å². The van der Waals surface area contributed by atoms with E-state index in [1.54, 1.807) is 75.6 Å². The minimum atomic E-state index is -4.07. The van der Waals surface area contributed by atoms with Crippen molar-refractivity contribution in [3.63, 3.8) is 0 Å². The zero-order valence-electron chi connectivity index (χ0n) is 21.5. The molecular weight excluding hydrogens is 490 g/mol. The van der Waals surface area contributed by atoms with Crippen LogP contribution < -0.4 is 14.4 Å². The van der Waals surface area contributed by atoms with E-state index in [9.17, 15) is 18.0 Å². The number of sulfonamides is 1. The van der Waals surface area contributed by atoms with Crippen molar-refractivity contribution in [1.82, 2.24) is 10.2 Å². The topological polar surface area (TPSA) is 96.0 Å². The van der Waals surface area contributed by atoms with Gasteiger partial charge in [0.05, 0.1) is 17.7 Å². The SMILES string of the molecule is CCNC(=O)C(C)N(Cc1ccc(OC)cc1)C(=O)CN(c1ccccc1)S(=O)(=O)c1ccc(C)cc1. The zero-order chi connectivity index (χ0) is 27.0. The fraction of sp³-hybridized carbons (Fsp3) is 0.286. The molecule has 3 rings (SSSR count). The maximum absolute atomic E-state index is 13.8. The van der Waals surface area contributed by atoms with Crippen molar-refractivity contribution in [3.8, 4) is 5.75 Å². The lowest BCUT2D eigenvalue weighted by Crippen LogP contribution is -2.51. The summed E-state index contributed by atoms with van der Waals surface area (Å²) in [5.74, 6) is -0.163. The van der Waals surface area contributed by atoms with Gasteiger partial charge in [0.1, 0.15) is 18.3 Å².